The number of fused-ring (bicyclic) bond motifs is 15. The molecular weight excluding hydrogens is 1610 g/mol. The highest BCUT2D eigenvalue weighted by Crippen LogP contribution is 2.45. The van der Waals surface area contributed by atoms with Crippen molar-refractivity contribution in [1.82, 2.24) is 24.9 Å². The molecule has 15 nitrogen and oxygen atoms in total. The standard InChI is InChI=1S/C24H25N2O.C24H27N2O.2C23H25N2O.C22H23N2O/c1-15-8-13-21(26(3)14-15)22-16(2)9-10-18-19-11-12-20(17-6-4-5-7-17)25-24(19)27-23(18)22;1-15-7-12-20(26(6)14-15)21-16(2)8-10-18-19-11-9-17(13-24(3,4)5)25-23(19)27-22(18)21;1-14-7-11-18(25(6)13-14)20-15(2)8-9-16-17-10-12-19(23(3,4)5)24-22(17)26-21(16)20;1-14(2)12-17-8-10-19-18-9-7-16(4)21(22(18)26-23(19)24-17)20-11-6-15(3)13-25(20)5;1-13(2)18-10-9-17-16-8-7-15(4)20(21(16)25-22(17)23-18)19-11-6-14(3)12-24(19)5/h8-14,17H,4-7H2,1-3H3;7-12,14H,13H2,1-6H3;7-13H,1-6H3;6-11,13-14H,12H2,1-5H3;6-13H,1-5H3/q5*+1. The molecule has 131 heavy (non-hydrogen) atoms. The zero-order chi connectivity index (χ0) is 92.7. The minimum atomic E-state index is -0.00465. The Morgan fingerprint density at radius 2 is 0.588 bits per heavy atom. The summed E-state index contributed by atoms with van der Waals surface area (Å²) in [6.07, 6.45) is 17.8. The van der Waals surface area contributed by atoms with Crippen LogP contribution in [-0.4, -0.2) is 24.9 Å². The monoisotopic (exact) mass is 1740 g/mol. The van der Waals surface area contributed by atoms with E-state index in [-0.39, 0.29) is 10.8 Å². The van der Waals surface area contributed by atoms with E-state index in [1.54, 1.807) is 0 Å². The van der Waals surface area contributed by atoms with E-state index in [0.29, 0.717) is 23.5 Å². The van der Waals surface area contributed by atoms with Gasteiger partial charge in [-0.25, -0.2) is 47.8 Å². The second-order valence-corrected chi connectivity index (χ2v) is 40.0. The predicted octanol–water partition coefficient (Wildman–Crippen LogP) is 27.3. The predicted molar refractivity (Wildman–Crippen MR) is 534 cm³/mol. The van der Waals surface area contributed by atoms with Crippen molar-refractivity contribution in [2.75, 3.05) is 0 Å². The number of rotatable bonds is 10. The molecule has 0 spiro atoms. The molecule has 0 amide bonds. The summed E-state index contributed by atoms with van der Waals surface area (Å²) >= 11 is 0. The quantitative estimate of drug-likeness (QED) is 0.121. The third kappa shape index (κ3) is 18.0. The van der Waals surface area contributed by atoms with E-state index < -0.39 is 0 Å². The molecule has 1 fully saturated rings. The lowest BCUT2D eigenvalue weighted by Gasteiger charge is -2.16. The minimum Gasteiger partial charge on any atom is -0.437 e. The first-order valence-electron chi connectivity index (χ1n) is 46.4. The number of furan rings is 5. The Balaban J connectivity index is 0.000000115. The number of benzene rings is 5. The highest BCUT2D eigenvalue weighted by molar-refractivity contribution is 6.13. The third-order valence-electron chi connectivity index (χ3n) is 25.9. The number of nitrogens with zero attached hydrogens (tertiary/aromatic N) is 10. The van der Waals surface area contributed by atoms with Crippen LogP contribution in [0.1, 0.15) is 191 Å². The summed E-state index contributed by atoms with van der Waals surface area (Å²) in [6, 6.07) is 64.7. The summed E-state index contributed by atoms with van der Waals surface area (Å²) in [5.74, 6) is 1.56. The molecule has 664 valence electrons. The summed E-state index contributed by atoms with van der Waals surface area (Å²) in [4.78, 5) is 24.1. The zero-order valence-electron chi connectivity index (χ0n) is 81.2. The van der Waals surface area contributed by atoms with Gasteiger partial charge in [-0.2, -0.15) is 0 Å². The van der Waals surface area contributed by atoms with Crippen molar-refractivity contribution in [2.24, 2.45) is 46.6 Å². The highest BCUT2D eigenvalue weighted by atomic mass is 16.4. The van der Waals surface area contributed by atoms with Gasteiger partial charge in [-0.05, 0) is 231 Å². The summed E-state index contributed by atoms with van der Waals surface area (Å²) < 4.78 is 42.5. The number of aromatic nitrogens is 10. The fraction of sp³-hybridized carbons (Fsp3) is 0.310. The first-order chi connectivity index (χ1) is 62.5. The molecule has 0 radical (unpaired) electrons. The van der Waals surface area contributed by atoms with E-state index >= 15 is 0 Å². The van der Waals surface area contributed by atoms with E-state index in [0.717, 1.165) is 191 Å². The molecule has 1 saturated carbocycles. The lowest BCUT2D eigenvalue weighted by molar-refractivity contribution is -0.660. The zero-order valence-corrected chi connectivity index (χ0v) is 81.2. The Labute approximate surface area is 769 Å². The van der Waals surface area contributed by atoms with E-state index in [4.69, 9.17) is 47.0 Å². The van der Waals surface area contributed by atoms with Crippen molar-refractivity contribution >= 4 is 110 Å². The minimum absolute atomic E-state index is 0.00465. The van der Waals surface area contributed by atoms with Gasteiger partial charge in [0.05, 0.1) is 27.8 Å². The average Bonchev–Trinajstić information content (AvgIpc) is 1.61. The maximum absolute atomic E-state index is 6.38. The van der Waals surface area contributed by atoms with Gasteiger partial charge in [0.25, 0.3) is 0 Å². The molecule has 0 aliphatic heterocycles. The topological polar surface area (TPSA) is 150 Å². The van der Waals surface area contributed by atoms with E-state index in [2.05, 4.69) is 410 Å². The van der Waals surface area contributed by atoms with E-state index in [9.17, 15) is 0 Å². The maximum Gasteiger partial charge on any atom is 0.227 e. The summed E-state index contributed by atoms with van der Waals surface area (Å²) in [5, 5.41) is 11.1. The second kappa shape index (κ2) is 35.8. The first-order valence-corrected chi connectivity index (χ1v) is 46.4. The van der Waals surface area contributed by atoms with Gasteiger partial charge in [-0.3, -0.25) is 0 Å². The summed E-state index contributed by atoms with van der Waals surface area (Å²) in [5.41, 5.74) is 37.7. The van der Waals surface area contributed by atoms with Crippen LogP contribution in [0.15, 0.2) is 235 Å². The Morgan fingerprint density at radius 3 is 0.901 bits per heavy atom. The van der Waals surface area contributed by atoms with Gasteiger partial charge in [-0.1, -0.05) is 143 Å². The first kappa shape index (κ1) is 89.6. The number of hydrogen-bond donors (Lipinski definition) is 0. The molecule has 15 heterocycles. The number of hydrogen-bond acceptors (Lipinski definition) is 10. The largest absolute Gasteiger partial charge is 0.437 e. The van der Waals surface area contributed by atoms with Crippen molar-refractivity contribution in [3.63, 3.8) is 0 Å². The van der Waals surface area contributed by atoms with Crippen LogP contribution in [-0.2, 0) is 53.5 Å². The van der Waals surface area contributed by atoms with E-state index in [1.165, 1.54) is 92.7 Å². The fourth-order valence-corrected chi connectivity index (χ4v) is 19.2. The van der Waals surface area contributed by atoms with Crippen LogP contribution >= 0.6 is 0 Å². The third-order valence-corrected chi connectivity index (χ3v) is 25.9. The molecule has 15 aromatic heterocycles. The average molecular weight is 1740 g/mol. The van der Waals surface area contributed by atoms with Gasteiger partial charge in [0.2, 0.25) is 57.0 Å². The van der Waals surface area contributed by atoms with Crippen LogP contribution in [0.3, 0.4) is 0 Å². The molecular formula is C116H125N10O5+5. The van der Waals surface area contributed by atoms with Gasteiger partial charge in [0.15, 0.2) is 58.9 Å². The molecule has 0 atom stereocenters. The van der Waals surface area contributed by atoms with Crippen LogP contribution in [0.4, 0.5) is 0 Å². The molecule has 20 aromatic rings. The molecule has 0 saturated heterocycles. The van der Waals surface area contributed by atoms with E-state index in [1.807, 2.05) is 0 Å². The molecule has 1 aliphatic rings. The lowest BCUT2D eigenvalue weighted by Crippen LogP contribution is -2.31. The van der Waals surface area contributed by atoms with Crippen LogP contribution < -0.4 is 22.8 Å². The highest BCUT2D eigenvalue weighted by Gasteiger charge is 2.30. The van der Waals surface area contributed by atoms with Crippen molar-refractivity contribution in [1.29, 1.82) is 0 Å². The lowest BCUT2D eigenvalue weighted by atomic mass is 9.90. The Bertz CT molecular complexity index is 7840. The van der Waals surface area contributed by atoms with Crippen LogP contribution in [0.25, 0.3) is 167 Å². The van der Waals surface area contributed by atoms with Gasteiger partial charge in [0, 0.05) is 152 Å². The van der Waals surface area contributed by atoms with Crippen molar-refractivity contribution in [3.8, 4) is 56.3 Å². The number of pyridine rings is 10. The van der Waals surface area contributed by atoms with Gasteiger partial charge in [-0.15, -0.1) is 0 Å². The van der Waals surface area contributed by atoms with Gasteiger partial charge < -0.3 is 22.1 Å². The maximum atomic E-state index is 6.38. The molecule has 0 unspecified atom stereocenters. The normalized spacial score (nSPS) is 12.7. The second-order valence-electron chi connectivity index (χ2n) is 40.0. The van der Waals surface area contributed by atoms with Gasteiger partial charge in [0.1, 0.15) is 35.2 Å². The SMILES string of the molecule is Cc1ccc(-c2c(C)ccc3c2oc2nc(C(C)(C)C)ccc23)[n+](C)c1.Cc1ccc(-c2c(C)ccc3c2oc2nc(C(C)C)ccc23)[n+](C)c1.Cc1ccc(-c2c(C)ccc3c2oc2nc(C4CCCC4)ccc23)[n+](C)c1.Cc1ccc(-c2c(C)ccc3c2oc2nc(CC(C)(C)C)ccc23)[n+](C)c1.Cc1ccc(-c2c(C)ccc3c2oc2nc(CC(C)C)ccc23)[n+](C)c1. The Hall–Kier alpha value is -13.4. The summed E-state index contributed by atoms with van der Waals surface area (Å²) in [6.45, 7) is 43.2. The molecule has 0 N–H and O–H groups in total. The molecule has 1 aliphatic carbocycles. The smallest absolute Gasteiger partial charge is 0.227 e. The summed E-state index contributed by atoms with van der Waals surface area (Å²) in [7, 11) is 10.4. The molecule has 0 bridgehead atoms. The van der Waals surface area contributed by atoms with Crippen LogP contribution in [0.5, 0.6) is 0 Å². The number of aryl methyl sites for hydroxylation is 15. The molecule has 21 rings (SSSR count). The molecule has 5 aromatic carbocycles. The molecule has 15 heteroatoms. The van der Waals surface area contributed by atoms with Gasteiger partial charge >= 0.3 is 0 Å². The van der Waals surface area contributed by atoms with Crippen molar-refractivity contribution in [3.05, 3.63) is 297 Å². The fourth-order valence-electron chi connectivity index (χ4n) is 19.2. The Kier molecular flexibility index (Phi) is 24.5. The Morgan fingerprint density at radius 1 is 0.305 bits per heavy atom. The van der Waals surface area contributed by atoms with Crippen LogP contribution in [0.2, 0.25) is 0 Å². The van der Waals surface area contributed by atoms with Crippen LogP contribution in [0, 0.1) is 80.6 Å². The van der Waals surface area contributed by atoms with Crippen molar-refractivity contribution in [2.45, 2.75) is 194 Å². The van der Waals surface area contributed by atoms with Crippen molar-refractivity contribution < 1.29 is 44.9 Å².